The van der Waals surface area contributed by atoms with Crippen LogP contribution in [0.2, 0.25) is 0 Å². The lowest BCUT2D eigenvalue weighted by molar-refractivity contribution is -0.119. The van der Waals surface area contributed by atoms with Crippen LogP contribution in [-0.2, 0) is 17.8 Å². The number of hydrogen-bond donors (Lipinski definition) is 2. The predicted octanol–water partition coefficient (Wildman–Crippen LogP) is 3.42. The number of carbonyl (C=O) groups is 2. The first kappa shape index (κ1) is 21.1. The molecule has 3 N–H and O–H groups in total. The second-order valence-electron chi connectivity index (χ2n) is 7.54. The van der Waals surface area contributed by atoms with Crippen molar-refractivity contribution >= 4 is 11.8 Å². The fraction of sp³-hybridized carbons (Fsp3) is 0.115. The van der Waals surface area contributed by atoms with E-state index in [0.29, 0.717) is 18.7 Å². The molecule has 6 nitrogen and oxygen atoms in total. The zero-order valence-electron chi connectivity index (χ0n) is 17.5. The van der Waals surface area contributed by atoms with E-state index < -0.39 is 17.9 Å². The molecule has 32 heavy (non-hydrogen) atoms. The lowest BCUT2D eigenvalue weighted by Gasteiger charge is -2.16. The molecule has 2 amide bonds. The molecule has 3 aromatic carbocycles. The van der Waals surface area contributed by atoms with Crippen molar-refractivity contribution in [2.24, 2.45) is 5.73 Å². The number of nitrogens with two attached hydrogens (primary N) is 1. The Kier molecular flexibility index (Phi) is 6.41. The molecular formula is C26H24N4O2. The zero-order chi connectivity index (χ0) is 22.3. The largest absolute Gasteiger partial charge is 0.368 e. The van der Waals surface area contributed by atoms with Crippen LogP contribution < -0.4 is 11.1 Å². The molecule has 0 aliphatic carbocycles. The van der Waals surface area contributed by atoms with E-state index in [1.54, 1.807) is 6.33 Å². The number of primary amides is 1. The van der Waals surface area contributed by atoms with Crippen molar-refractivity contribution in [3.05, 3.63) is 114 Å². The quantitative estimate of drug-likeness (QED) is 0.454. The van der Waals surface area contributed by atoms with Crippen LogP contribution in [0.3, 0.4) is 0 Å². The molecule has 0 fully saturated rings. The Balaban J connectivity index is 1.64. The van der Waals surface area contributed by atoms with Crippen LogP contribution in [0, 0.1) is 0 Å². The van der Waals surface area contributed by atoms with Gasteiger partial charge in [-0.1, -0.05) is 91.0 Å². The molecule has 160 valence electrons. The molecule has 0 aliphatic heterocycles. The van der Waals surface area contributed by atoms with Crippen molar-refractivity contribution in [1.82, 2.24) is 14.9 Å². The van der Waals surface area contributed by atoms with E-state index in [9.17, 15) is 9.59 Å². The van der Waals surface area contributed by atoms with Crippen LogP contribution in [0.25, 0.3) is 11.3 Å². The minimum absolute atomic E-state index is 0.256. The highest BCUT2D eigenvalue weighted by atomic mass is 16.2. The van der Waals surface area contributed by atoms with E-state index in [-0.39, 0.29) is 5.69 Å². The average Bonchev–Trinajstić information content (AvgIpc) is 3.24. The van der Waals surface area contributed by atoms with Crippen LogP contribution in [0.15, 0.2) is 97.3 Å². The summed E-state index contributed by atoms with van der Waals surface area (Å²) >= 11 is 0. The number of imidazole rings is 1. The first-order chi connectivity index (χ1) is 15.6. The number of aromatic nitrogens is 2. The van der Waals surface area contributed by atoms with Crippen LogP contribution >= 0.6 is 0 Å². The Morgan fingerprint density at radius 1 is 0.844 bits per heavy atom. The first-order valence-electron chi connectivity index (χ1n) is 10.4. The van der Waals surface area contributed by atoms with E-state index >= 15 is 0 Å². The zero-order valence-corrected chi connectivity index (χ0v) is 17.5. The molecule has 0 unspecified atom stereocenters. The number of nitrogens with zero attached hydrogens (tertiary/aromatic N) is 2. The second-order valence-corrected chi connectivity index (χ2v) is 7.54. The van der Waals surface area contributed by atoms with Crippen LogP contribution in [0.4, 0.5) is 0 Å². The summed E-state index contributed by atoms with van der Waals surface area (Å²) in [5, 5.41) is 2.78. The lowest BCUT2D eigenvalue weighted by atomic mass is 10.0. The SMILES string of the molecule is NC(=O)[C@H](Cc1ccccc1)NC(=O)c1ncn(Cc2ccccc2)c1-c1ccccc1. The summed E-state index contributed by atoms with van der Waals surface area (Å²) in [6.45, 7) is 0.564. The van der Waals surface area contributed by atoms with E-state index in [4.69, 9.17) is 5.73 Å². The van der Waals surface area contributed by atoms with Gasteiger partial charge in [-0.2, -0.15) is 0 Å². The summed E-state index contributed by atoms with van der Waals surface area (Å²) in [5.74, 6) is -1.03. The van der Waals surface area contributed by atoms with Crippen LogP contribution in [-0.4, -0.2) is 27.4 Å². The fourth-order valence-electron chi connectivity index (χ4n) is 3.65. The number of nitrogens with one attached hydrogen (secondary N) is 1. The van der Waals surface area contributed by atoms with E-state index in [2.05, 4.69) is 10.3 Å². The third-order valence-electron chi connectivity index (χ3n) is 5.23. The Morgan fingerprint density at radius 2 is 1.41 bits per heavy atom. The van der Waals surface area contributed by atoms with Gasteiger partial charge in [0.1, 0.15) is 6.04 Å². The van der Waals surface area contributed by atoms with Gasteiger partial charge in [-0.15, -0.1) is 0 Å². The Morgan fingerprint density at radius 3 is 2.00 bits per heavy atom. The maximum Gasteiger partial charge on any atom is 0.272 e. The molecule has 0 aliphatic rings. The van der Waals surface area contributed by atoms with Gasteiger partial charge in [-0.25, -0.2) is 4.98 Å². The molecule has 1 heterocycles. The Hall–Kier alpha value is -4.19. The van der Waals surface area contributed by atoms with Crippen molar-refractivity contribution in [2.45, 2.75) is 19.0 Å². The number of carbonyl (C=O) groups excluding carboxylic acids is 2. The third-order valence-corrected chi connectivity index (χ3v) is 5.23. The van der Waals surface area contributed by atoms with Gasteiger partial charge >= 0.3 is 0 Å². The van der Waals surface area contributed by atoms with Crippen molar-refractivity contribution in [3.8, 4) is 11.3 Å². The monoisotopic (exact) mass is 424 g/mol. The molecular weight excluding hydrogens is 400 g/mol. The van der Waals surface area contributed by atoms with Gasteiger partial charge in [0, 0.05) is 18.5 Å². The molecule has 6 heteroatoms. The standard InChI is InChI=1S/C26H24N4O2/c27-25(31)22(16-19-10-4-1-5-11-19)29-26(32)23-24(21-14-8-3-9-15-21)30(18-28-23)17-20-12-6-2-7-13-20/h1-15,18,22H,16-17H2,(H2,27,31)(H,29,32)/t22-/m0/s1. The van der Waals surface area contributed by atoms with Gasteiger partial charge in [-0.3, -0.25) is 9.59 Å². The molecule has 1 atom stereocenters. The third kappa shape index (κ3) is 4.92. The summed E-state index contributed by atoms with van der Waals surface area (Å²) in [6, 6.07) is 28.2. The summed E-state index contributed by atoms with van der Waals surface area (Å²) in [5.41, 5.74) is 9.40. The van der Waals surface area contributed by atoms with Gasteiger partial charge in [0.25, 0.3) is 5.91 Å². The van der Waals surface area contributed by atoms with Crippen LogP contribution in [0.1, 0.15) is 21.6 Å². The number of hydrogen-bond acceptors (Lipinski definition) is 3. The molecule has 0 saturated carbocycles. The summed E-state index contributed by atoms with van der Waals surface area (Å²) < 4.78 is 1.94. The average molecular weight is 425 g/mol. The van der Waals surface area contributed by atoms with Crippen molar-refractivity contribution in [2.75, 3.05) is 0 Å². The molecule has 4 aromatic rings. The van der Waals surface area contributed by atoms with E-state index in [1.165, 1.54) is 0 Å². The van der Waals surface area contributed by atoms with E-state index in [0.717, 1.165) is 16.7 Å². The summed E-state index contributed by atoms with van der Waals surface area (Å²) in [4.78, 5) is 29.7. The first-order valence-corrected chi connectivity index (χ1v) is 10.4. The molecule has 0 radical (unpaired) electrons. The minimum Gasteiger partial charge on any atom is -0.368 e. The topological polar surface area (TPSA) is 90.0 Å². The molecule has 1 aromatic heterocycles. The highest BCUT2D eigenvalue weighted by Gasteiger charge is 2.24. The minimum atomic E-state index is -0.840. The summed E-state index contributed by atoms with van der Waals surface area (Å²) in [7, 11) is 0. The highest BCUT2D eigenvalue weighted by Crippen LogP contribution is 2.24. The molecule has 0 spiro atoms. The molecule has 0 bridgehead atoms. The van der Waals surface area contributed by atoms with Gasteiger partial charge < -0.3 is 15.6 Å². The van der Waals surface area contributed by atoms with E-state index in [1.807, 2.05) is 95.6 Å². The normalized spacial score (nSPS) is 11.6. The highest BCUT2D eigenvalue weighted by molar-refractivity contribution is 6.00. The lowest BCUT2D eigenvalue weighted by Crippen LogP contribution is -2.46. The Bertz CT molecular complexity index is 1190. The number of rotatable bonds is 8. The smallest absolute Gasteiger partial charge is 0.272 e. The number of benzene rings is 3. The second kappa shape index (κ2) is 9.75. The Labute approximate surface area is 186 Å². The van der Waals surface area contributed by atoms with Crippen molar-refractivity contribution in [3.63, 3.8) is 0 Å². The number of amides is 2. The van der Waals surface area contributed by atoms with Gasteiger partial charge in [0.15, 0.2) is 5.69 Å². The fourth-order valence-corrected chi connectivity index (χ4v) is 3.65. The molecule has 0 saturated heterocycles. The maximum absolute atomic E-state index is 13.2. The molecule has 4 rings (SSSR count). The maximum atomic E-state index is 13.2. The van der Waals surface area contributed by atoms with Crippen LogP contribution in [0.5, 0.6) is 0 Å². The van der Waals surface area contributed by atoms with Crippen molar-refractivity contribution in [1.29, 1.82) is 0 Å². The van der Waals surface area contributed by atoms with Gasteiger partial charge in [0.2, 0.25) is 5.91 Å². The summed E-state index contributed by atoms with van der Waals surface area (Å²) in [6.07, 6.45) is 1.97. The van der Waals surface area contributed by atoms with Gasteiger partial charge in [-0.05, 0) is 11.1 Å². The van der Waals surface area contributed by atoms with Gasteiger partial charge in [0.05, 0.1) is 12.0 Å². The predicted molar refractivity (Wildman–Crippen MR) is 124 cm³/mol. The van der Waals surface area contributed by atoms with Crippen molar-refractivity contribution < 1.29 is 9.59 Å².